The third-order valence-electron chi connectivity index (χ3n) is 4.03. The molecule has 1 amide bonds. The predicted molar refractivity (Wildman–Crippen MR) is 96.4 cm³/mol. The van der Waals surface area contributed by atoms with Gasteiger partial charge in [0.05, 0.1) is 17.2 Å². The smallest absolute Gasteiger partial charge is 0.311 e. The zero-order chi connectivity index (χ0) is 19.6. The van der Waals surface area contributed by atoms with Gasteiger partial charge in [-0.1, -0.05) is 35.9 Å². The third kappa shape index (κ3) is 4.16. The van der Waals surface area contributed by atoms with E-state index in [2.05, 4.69) is 15.5 Å². The summed E-state index contributed by atoms with van der Waals surface area (Å²) in [6.07, 6.45) is -3.20. The van der Waals surface area contributed by atoms with Crippen molar-refractivity contribution in [1.29, 1.82) is 0 Å². The molecular weight excluding hydrogens is 357 g/mol. The lowest BCUT2D eigenvalue weighted by Crippen LogP contribution is -2.26. The molecule has 5 nitrogen and oxygen atoms in total. The van der Waals surface area contributed by atoms with Crippen LogP contribution < -0.4 is 5.43 Å². The van der Waals surface area contributed by atoms with Crippen LogP contribution in [0.2, 0.25) is 0 Å². The summed E-state index contributed by atoms with van der Waals surface area (Å²) in [4.78, 5) is 15.7. The minimum atomic E-state index is -4.67. The predicted octanol–water partition coefficient (Wildman–Crippen LogP) is 3.82. The fourth-order valence-electron chi connectivity index (χ4n) is 2.78. The Morgan fingerprint density at radius 1 is 1.22 bits per heavy atom. The van der Waals surface area contributed by atoms with Gasteiger partial charge in [0.15, 0.2) is 0 Å². The summed E-state index contributed by atoms with van der Waals surface area (Å²) in [5.74, 6) is -1.79. The van der Waals surface area contributed by atoms with Gasteiger partial charge in [-0.2, -0.15) is 18.3 Å². The number of carbonyl (C=O) groups excluding carboxylic acids is 1. The van der Waals surface area contributed by atoms with Gasteiger partial charge in [-0.15, -0.1) is 0 Å². The summed E-state index contributed by atoms with van der Waals surface area (Å²) in [7, 11) is 0. The van der Waals surface area contributed by atoms with Crippen molar-refractivity contribution in [3.05, 3.63) is 65.0 Å². The van der Waals surface area contributed by atoms with E-state index in [0.29, 0.717) is 0 Å². The van der Waals surface area contributed by atoms with Gasteiger partial charge in [-0.3, -0.25) is 4.79 Å². The van der Waals surface area contributed by atoms with Gasteiger partial charge < -0.3 is 4.57 Å². The SMILES string of the molecule is Cc1ccc(C=NNC(=O)Cn2c(C(F)(F)F)nc3ccccc32)c(C)c1. The minimum Gasteiger partial charge on any atom is -0.311 e. The average Bonchev–Trinajstić information content (AvgIpc) is 2.96. The van der Waals surface area contributed by atoms with Gasteiger partial charge in [0, 0.05) is 0 Å². The molecule has 1 heterocycles. The summed E-state index contributed by atoms with van der Waals surface area (Å²) in [6, 6.07) is 11.9. The van der Waals surface area contributed by atoms with E-state index in [0.717, 1.165) is 21.3 Å². The van der Waals surface area contributed by atoms with Crippen LogP contribution in [0.15, 0.2) is 47.6 Å². The van der Waals surface area contributed by atoms with E-state index >= 15 is 0 Å². The maximum Gasteiger partial charge on any atom is 0.449 e. The van der Waals surface area contributed by atoms with Crippen LogP contribution in [0, 0.1) is 13.8 Å². The largest absolute Gasteiger partial charge is 0.449 e. The van der Waals surface area contributed by atoms with Crippen LogP contribution in [0.1, 0.15) is 22.5 Å². The van der Waals surface area contributed by atoms with Crippen LogP contribution in [0.3, 0.4) is 0 Å². The fourth-order valence-corrected chi connectivity index (χ4v) is 2.78. The number of fused-ring (bicyclic) bond motifs is 1. The highest BCUT2D eigenvalue weighted by Crippen LogP contribution is 2.31. The van der Waals surface area contributed by atoms with Gasteiger partial charge >= 0.3 is 6.18 Å². The minimum absolute atomic E-state index is 0.177. The molecule has 0 saturated carbocycles. The lowest BCUT2D eigenvalue weighted by Gasteiger charge is -2.10. The van der Waals surface area contributed by atoms with E-state index in [1.807, 2.05) is 32.0 Å². The number of hydrogen-bond donors (Lipinski definition) is 1. The number of hydrogen-bond acceptors (Lipinski definition) is 3. The molecule has 2 aromatic carbocycles. The van der Waals surface area contributed by atoms with Crippen molar-refractivity contribution < 1.29 is 18.0 Å². The topological polar surface area (TPSA) is 59.3 Å². The number of nitrogens with one attached hydrogen (secondary N) is 1. The molecule has 8 heteroatoms. The summed E-state index contributed by atoms with van der Waals surface area (Å²) < 4.78 is 40.6. The van der Waals surface area contributed by atoms with Gasteiger partial charge in [0.25, 0.3) is 5.91 Å². The third-order valence-corrected chi connectivity index (χ3v) is 4.03. The average molecular weight is 374 g/mol. The van der Waals surface area contributed by atoms with Crippen LogP contribution in [-0.2, 0) is 17.5 Å². The first-order valence-corrected chi connectivity index (χ1v) is 8.17. The van der Waals surface area contributed by atoms with E-state index in [-0.39, 0.29) is 11.0 Å². The Hall–Kier alpha value is -3.16. The standard InChI is InChI=1S/C19H17F3N4O/c1-12-7-8-14(13(2)9-12)10-23-25-17(27)11-26-16-6-4-3-5-15(16)24-18(26)19(20,21)22/h3-10H,11H2,1-2H3,(H,25,27). The van der Waals surface area contributed by atoms with Gasteiger partial charge in [0.2, 0.25) is 5.82 Å². The zero-order valence-corrected chi connectivity index (χ0v) is 14.7. The molecule has 27 heavy (non-hydrogen) atoms. The highest BCUT2D eigenvalue weighted by Gasteiger charge is 2.37. The monoisotopic (exact) mass is 374 g/mol. The summed E-state index contributed by atoms with van der Waals surface area (Å²) >= 11 is 0. The molecule has 0 aliphatic rings. The van der Waals surface area contributed by atoms with E-state index in [4.69, 9.17) is 0 Å². The number of hydrazone groups is 1. The maximum absolute atomic E-state index is 13.2. The molecule has 0 aliphatic carbocycles. The number of benzene rings is 2. The molecular formula is C19H17F3N4O. The second-order valence-electron chi connectivity index (χ2n) is 6.16. The fraction of sp³-hybridized carbons (Fsp3) is 0.211. The van der Waals surface area contributed by atoms with Crippen molar-refractivity contribution in [3.63, 3.8) is 0 Å². The number of amides is 1. The Morgan fingerprint density at radius 3 is 2.67 bits per heavy atom. The Balaban J connectivity index is 1.79. The molecule has 140 valence electrons. The van der Waals surface area contributed by atoms with Crippen LogP contribution in [0.4, 0.5) is 13.2 Å². The molecule has 0 spiro atoms. The van der Waals surface area contributed by atoms with E-state index in [9.17, 15) is 18.0 Å². The molecule has 3 rings (SSSR count). The molecule has 0 unspecified atom stereocenters. The molecule has 0 bridgehead atoms. The molecule has 0 saturated heterocycles. The molecule has 0 fully saturated rings. The molecule has 0 aliphatic heterocycles. The lowest BCUT2D eigenvalue weighted by molar-refractivity contribution is -0.147. The van der Waals surface area contributed by atoms with Gasteiger partial charge in [-0.25, -0.2) is 10.4 Å². The Morgan fingerprint density at radius 2 is 1.96 bits per heavy atom. The molecule has 1 aromatic heterocycles. The van der Waals surface area contributed by atoms with E-state index in [1.54, 1.807) is 12.1 Å². The van der Waals surface area contributed by atoms with Crippen LogP contribution in [-0.4, -0.2) is 21.7 Å². The highest BCUT2D eigenvalue weighted by atomic mass is 19.4. The molecule has 0 atom stereocenters. The first-order valence-electron chi connectivity index (χ1n) is 8.17. The second-order valence-corrected chi connectivity index (χ2v) is 6.16. The lowest BCUT2D eigenvalue weighted by atomic mass is 10.1. The van der Waals surface area contributed by atoms with E-state index in [1.165, 1.54) is 18.3 Å². The van der Waals surface area contributed by atoms with Gasteiger partial charge in [0.1, 0.15) is 6.54 Å². The van der Waals surface area contributed by atoms with Crippen molar-refractivity contribution in [3.8, 4) is 0 Å². The highest BCUT2D eigenvalue weighted by molar-refractivity contribution is 5.85. The number of carbonyl (C=O) groups is 1. The van der Waals surface area contributed by atoms with E-state index < -0.39 is 24.5 Å². The number of para-hydroxylation sites is 2. The Labute approximate surface area is 153 Å². The van der Waals surface area contributed by atoms with Crippen LogP contribution >= 0.6 is 0 Å². The van der Waals surface area contributed by atoms with Gasteiger partial charge in [-0.05, 0) is 37.1 Å². The van der Waals surface area contributed by atoms with Crippen molar-refractivity contribution in [2.45, 2.75) is 26.6 Å². The summed E-state index contributed by atoms with van der Waals surface area (Å²) in [5.41, 5.74) is 5.57. The number of imidazole rings is 1. The first-order chi connectivity index (χ1) is 12.8. The van der Waals surface area contributed by atoms with Crippen molar-refractivity contribution >= 4 is 23.2 Å². The summed E-state index contributed by atoms with van der Waals surface area (Å²) in [5, 5.41) is 3.84. The molecule has 3 aromatic rings. The molecule has 0 radical (unpaired) electrons. The van der Waals surface area contributed by atoms with Crippen LogP contribution in [0.25, 0.3) is 11.0 Å². The maximum atomic E-state index is 13.2. The number of aromatic nitrogens is 2. The Kier molecular flexibility index (Phi) is 4.98. The normalized spacial score (nSPS) is 12.0. The summed E-state index contributed by atoms with van der Waals surface area (Å²) in [6.45, 7) is 3.33. The van der Waals surface area contributed by atoms with Crippen molar-refractivity contribution in [1.82, 2.24) is 15.0 Å². The second kappa shape index (κ2) is 7.22. The number of halogens is 3. The van der Waals surface area contributed by atoms with Crippen molar-refractivity contribution in [2.24, 2.45) is 5.10 Å². The zero-order valence-electron chi connectivity index (χ0n) is 14.7. The molecule has 1 N–H and O–H groups in total. The van der Waals surface area contributed by atoms with Crippen molar-refractivity contribution in [2.75, 3.05) is 0 Å². The Bertz CT molecular complexity index is 1020. The number of alkyl halides is 3. The number of nitrogens with zero attached hydrogens (tertiary/aromatic N) is 3. The first kappa shape index (κ1) is 18.6. The number of rotatable bonds is 4. The quantitative estimate of drug-likeness (QED) is 0.557. The van der Waals surface area contributed by atoms with Crippen LogP contribution in [0.5, 0.6) is 0 Å². The number of aryl methyl sites for hydroxylation is 2.